The average molecular weight is 433 g/mol. The highest BCUT2D eigenvalue weighted by atomic mass is 16.5. The summed E-state index contributed by atoms with van der Waals surface area (Å²) >= 11 is 0. The number of benzene rings is 2. The molecule has 4 rings (SSSR count). The van der Waals surface area contributed by atoms with E-state index < -0.39 is 5.63 Å². The predicted molar refractivity (Wildman–Crippen MR) is 124 cm³/mol. The lowest BCUT2D eigenvalue weighted by molar-refractivity contribution is 0.0974. The topological polar surface area (TPSA) is 73.6 Å². The number of rotatable bonds is 7. The van der Waals surface area contributed by atoms with Crippen molar-refractivity contribution >= 4 is 22.5 Å². The largest absolute Gasteiger partial charge is 0.490 e. The van der Waals surface area contributed by atoms with Gasteiger partial charge in [0.15, 0.2) is 11.4 Å². The molecular formula is C27H28O5. The monoisotopic (exact) mass is 432 g/mol. The molecule has 1 heterocycles. The molecule has 1 aliphatic rings. The van der Waals surface area contributed by atoms with E-state index in [0.717, 1.165) is 31.2 Å². The number of unbranched alkanes of at least 4 members (excludes halogenated alkanes) is 3. The zero-order chi connectivity index (χ0) is 23.0. The van der Waals surface area contributed by atoms with Crippen molar-refractivity contribution in [3.05, 3.63) is 74.1 Å². The Balaban J connectivity index is 1.88. The summed E-state index contributed by atoms with van der Waals surface area (Å²) in [5, 5.41) is 0.695. The number of fused-ring (bicyclic) bond motifs is 4. The fourth-order valence-electron chi connectivity index (χ4n) is 4.38. The highest BCUT2D eigenvalue weighted by molar-refractivity contribution is 6.32. The summed E-state index contributed by atoms with van der Waals surface area (Å²) in [6.45, 7) is 7.74. The van der Waals surface area contributed by atoms with Crippen molar-refractivity contribution in [2.45, 2.75) is 65.9 Å². The van der Waals surface area contributed by atoms with Crippen LogP contribution in [0.25, 0.3) is 11.0 Å². The first-order valence-electron chi connectivity index (χ1n) is 11.3. The third-order valence-corrected chi connectivity index (χ3v) is 5.93. The molecule has 0 spiro atoms. The molecule has 32 heavy (non-hydrogen) atoms. The molecule has 5 nitrogen and oxygen atoms in total. The van der Waals surface area contributed by atoms with Gasteiger partial charge in [-0.1, -0.05) is 38.3 Å². The summed E-state index contributed by atoms with van der Waals surface area (Å²) in [6, 6.07) is 8.60. The molecule has 3 aromatic rings. The first-order valence-corrected chi connectivity index (χ1v) is 11.3. The zero-order valence-corrected chi connectivity index (χ0v) is 19.0. The van der Waals surface area contributed by atoms with Crippen molar-refractivity contribution in [2.24, 2.45) is 0 Å². The third-order valence-electron chi connectivity index (χ3n) is 5.93. The highest BCUT2D eigenvalue weighted by Gasteiger charge is 2.35. The van der Waals surface area contributed by atoms with E-state index in [9.17, 15) is 14.4 Å². The molecule has 0 bridgehead atoms. The Labute approximate surface area is 187 Å². The van der Waals surface area contributed by atoms with Crippen molar-refractivity contribution < 1.29 is 18.7 Å². The zero-order valence-electron chi connectivity index (χ0n) is 19.0. The van der Waals surface area contributed by atoms with Gasteiger partial charge in [-0.2, -0.15) is 0 Å². The van der Waals surface area contributed by atoms with Crippen LogP contribution in [-0.4, -0.2) is 17.7 Å². The molecule has 0 radical (unpaired) electrons. The molecule has 0 unspecified atom stereocenters. The highest BCUT2D eigenvalue weighted by Crippen LogP contribution is 2.38. The van der Waals surface area contributed by atoms with Crippen LogP contribution in [0.15, 0.2) is 39.5 Å². The fraction of sp³-hybridized carbons (Fsp3) is 0.370. The van der Waals surface area contributed by atoms with Crippen molar-refractivity contribution in [2.75, 3.05) is 0 Å². The number of hydrogen-bond donors (Lipinski definition) is 0. The number of ketones is 2. The van der Waals surface area contributed by atoms with E-state index in [1.807, 2.05) is 26.8 Å². The van der Waals surface area contributed by atoms with Gasteiger partial charge in [0.25, 0.3) is 0 Å². The van der Waals surface area contributed by atoms with Crippen LogP contribution in [0.5, 0.6) is 5.75 Å². The Kier molecular flexibility index (Phi) is 6.00. The lowest BCUT2D eigenvalue weighted by Crippen LogP contribution is -2.24. The number of carbonyl (C=O) groups excluding carboxylic acids is 2. The number of aryl methyl sites for hydroxylation is 2. The molecular weight excluding hydrogens is 404 g/mol. The standard InChI is InChI=1S/C27H28O5/c1-5-6-7-8-10-17-14-19-16(4)13-20-23(26(19)32-27(17)30)25(29)22-18(24(20)28)11-9-12-21(22)31-15(2)3/h9,11-15H,5-8,10H2,1-4H3. The van der Waals surface area contributed by atoms with Gasteiger partial charge >= 0.3 is 5.63 Å². The molecule has 0 fully saturated rings. The maximum atomic E-state index is 13.6. The number of hydrogen-bond acceptors (Lipinski definition) is 5. The van der Waals surface area contributed by atoms with Crippen molar-refractivity contribution in [1.82, 2.24) is 0 Å². The lowest BCUT2D eigenvalue weighted by atomic mass is 9.81. The summed E-state index contributed by atoms with van der Waals surface area (Å²) in [7, 11) is 0. The normalized spacial score (nSPS) is 12.9. The predicted octanol–water partition coefficient (Wildman–Crippen LogP) is 5.79. The average Bonchev–Trinajstić information content (AvgIpc) is 2.75. The summed E-state index contributed by atoms with van der Waals surface area (Å²) in [6.07, 6.45) is 4.69. The fourth-order valence-corrected chi connectivity index (χ4v) is 4.38. The van der Waals surface area contributed by atoms with Gasteiger partial charge in [0.1, 0.15) is 5.75 Å². The second-order valence-corrected chi connectivity index (χ2v) is 8.73. The molecule has 1 aliphatic carbocycles. The van der Waals surface area contributed by atoms with Gasteiger partial charge in [-0.15, -0.1) is 0 Å². The Hall–Kier alpha value is -3.21. The van der Waals surface area contributed by atoms with Gasteiger partial charge in [0.05, 0.1) is 17.2 Å². The van der Waals surface area contributed by atoms with Crippen LogP contribution in [0.3, 0.4) is 0 Å². The molecule has 0 atom stereocenters. The van der Waals surface area contributed by atoms with Crippen LogP contribution in [0.4, 0.5) is 0 Å². The van der Waals surface area contributed by atoms with Gasteiger partial charge in [-0.25, -0.2) is 4.79 Å². The summed E-state index contributed by atoms with van der Waals surface area (Å²) in [4.78, 5) is 39.7. The van der Waals surface area contributed by atoms with Crippen LogP contribution < -0.4 is 10.4 Å². The van der Waals surface area contributed by atoms with E-state index in [2.05, 4.69) is 6.92 Å². The van der Waals surface area contributed by atoms with Crippen LogP contribution in [-0.2, 0) is 6.42 Å². The molecule has 0 N–H and O–H groups in total. The molecule has 1 aromatic heterocycles. The van der Waals surface area contributed by atoms with E-state index in [0.29, 0.717) is 28.7 Å². The second-order valence-electron chi connectivity index (χ2n) is 8.73. The molecule has 0 saturated heterocycles. The van der Waals surface area contributed by atoms with E-state index in [-0.39, 0.29) is 39.9 Å². The molecule has 0 amide bonds. The first kappa shape index (κ1) is 22.0. The van der Waals surface area contributed by atoms with Crippen molar-refractivity contribution in [3.63, 3.8) is 0 Å². The van der Waals surface area contributed by atoms with Crippen LogP contribution in [0.2, 0.25) is 0 Å². The molecule has 0 saturated carbocycles. The van der Waals surface area contributed by atoms with Crippen LogP contribution >= 0.6 is 0 Å². The SMILES string of the molecule is CCCCCCc1cc2c(C)cc3c(c2oc1=O)C(=O)c1c(OC(C)C)cccc1C3=O. The van der Waals surface area contributed by atoms with Crippen LogP contribution in [0, 0.1) is 6.92 Å². The number of ether oxygens (including phenoxy) is 1. The first-order chi connectivity index (χ1) is 15.3. The van der Waals surface area contributed by atoms with Gasteiger partial charge in [-0.05, 0) is 57.4 Å². The summed E-state index contributed by atoms with van der Waals surface area (Å²) in [5.41, 5.74) is 2.12. The minimum atomic E-state index is -0.445. The Bertz CT molecular complexity index is 1280. The summed E-state index contributed by atoms with van der Waals surface area (Å²) < 4.78 is 11.5. The smallest absolute Gasteiger partial charge is 0.339 e. The van der Waals surface area contributed by atoms with E-state index in [1.165, 1.54) is 0 Å². The quantitative estimate of drug-likeness (QED) is 0.273. The van der Waals surface area contributed by atoms with E-state index >= 15 is 0 Å². The van der Waals surface area contributed by atoms with Gasteiger partial charge in [0.2, 0.25) is 5.78 Å². The lowest BCUT2D eigenvalue weighted by Gasteiger charge is -2.22. The Morgan fingerprint density at radius 3 is 2.44 bits per heavy atom. The van der Waals surface area contributed by atoms with Crippen molar-refractivity contribution in [1.29, 1.82) is 0 Å². The third kappa shape index (κ3) is 3.77. The number of carbonyl (C=O) groups is 2. The second kappa shape index (κ2) is 8.73. The molecule has 2 aromatic carbocycles. The minimum absolute atomic E-state index is 0.150. The summed E-state index contributed by atoms with van der Waals surface area (Å²) in [5.74, 6) is -0.250. The van der Waals surface area contributed by atoms with Gasteiger partial charge in [0, 0.05) is 22.1 Å². The Morgan fingerprint density at radius 1 is 0.938 bits per heavy atom. The minimum Gasteiger partial charge on any atom is -0.490 e. The Morgan fingerprint density at radius 2 is 1.72 bits per heavy atom. The van der Waals surface area contributed by atoms with Gasteiger partial charge < -0.3 is 9.15 Å². The molecule has 0 aliphatic heterocycles. The van der Waals surface area contributed by atoms with Gasteiger partial charge in [-0.3, -0.25) is 9.59 Å². The maximum Gasteiger partial charge on any atom is 0.339 e. The molecule has 5 heteroatoms. The van der Waals surface area contributed by atoms with E-state index in [4.69, 9.17) is 9.15 Å². The molecule has 166 valence electrons. The maximum absolute atomic E-state index is 13.6. The van der Waals surface area contributed by atoms with Crippen LogP contribution in [0.1, 0.15) is 89.4 Å². The van der Waals surface area contributed by atoms with E-state index in [1.54, 1.807) is 24.3 Å². The van der Waals surface area contributed by atoms with Crippen molar-refractivity contribution in [3.8, 4) is 5.75 Å².